The van der Waals surface area contributed by atoms with Gasteiger partial charge in [-0.2, -0.15) is 0 Å². The van der Waals surface area contributed by atoms with E-state index in [4.69, 9.17) is 22.1 Å². The highest BCUT2D eigenvalue weighted by Crippen LogP contribution is 2.36. The smallest absolute Gasteiger partial charge is 0.262 e. The van der Waals surface area contributed by atoms with E-state index in [1.165, 1.54) is 0 Å². The highest BCUT2D eigenvalue weighted by molar-refractivity contribution is 8.13. The van der Waals surface area contributed by atoms with E-state index in [1.807, 2.05) is 48.5 Å². The number of rotatable bonds is 5. The van der Waals surface area contributed by atoms with Crippen LogP contribution in [-0.4, -0.2) is 23.4 Å². The van der Waals surface area contributed by atoms with Gasteiger partial charge in [0.15, 0.2) is 11.8 Å². The molecule has 0 bridgehead atoms. The molecule has 3 N–H and O–H groups in total. The topological polar surface area (TPSA) is 76.7 Å². The van der Waals surface area contributed by atoms with Crippen molar-refractivity contribution in [3.63, 3.8) is 0 Å². The summed E-state index contributed by atoms with van der Waals surface area (Å²) in [6.07, 6.45) is 0.895. The van der Waals surface area contributed by atoms with Crippen molar-refractivity contribution in [1.82, 2.24) is 0 Å². The van der Waals surface area contributed by atoms with E-state index in [9.17, 15) is 4.79 Å². The highest BCUT2D eigenvalue weighted by Gasteiger charge is 2.29. The first-order chi connectivity index (χ1) is 14.4. The molecule has 0 aliphatic carbocycles. The fourth-order valence-corrected chi connectivity index (χ4v) is 4.72. The zero-order chi connectivity index (χ0) is 21.1. The average Bonchev–Trinajstić information content (AvgIpc) is 2.75. The molecule has 1 amide bonds. The van der Waals surface area contributed by atoms with Crippen LogP contribution in [0.1, 0.15) is 18.9 Å². The van der Waals surface area contributed by atoms with Gasteiger partial charge in [0.1, 0.15) is 5.75 Å². The lowest BCUT2D eigenvalue weighted by atomic mass is 9.90. The minimum Gasteiger partial charge on any atom is -0.484 e. The van der Waals surface area contributed by atoms with Gasteiger partial charge in [0.05, 0.1) is 5.54 Å². The summed E-state index contributed by atoms with van der Waals surface area (Å²) in [5, 5.41) is 5.94. The highest BCUT2D eigenvalue weighted by atomic mass is 35.5. The number of hydrogen-bond donors (Lipinski definition) is 2. The Morgan fingerprint density at radius 2 is 2.00 bits per heavy atom. The van der Waals surface area contributed by atoms with Crippen molar-refractivity contribution in [3.05, 3.63) is 71.2 Å². The van der Waals surface area contributed by atoms with Crippen LogP contribution in [0.25, 0.3) is 10.8 Å². The number of nitrogens with two attached hydrogens (primary N) is 1. The monoisotopic (exact) mass is 439 g/mol. The van der Waals surface area contributed by atoms with Gasteiger partial charge in [-0.3, -0.25) is 9.79 Å². The van der Waals surface area contributed by atoms with Gasteiger partial charge >= 0.3 is 0 Å². The summed E-state index contributed by atoms with van der Waals surface area (Å²) in [6.45, 7) is 1.97. The Labute approximate surface area is 184 Å². The summed E-state index contributed by atoms with van der Waals surface area (Å²) in [5.74, 6) is 1.31. The number of fused-ring (bicyclic) bond motifs is 1. The van der Waals surface area contributed by atoms with Crippen LogP contribution in [0.15, 0.2) is 65.7 Å². The Balaban J connectivity index is 1.45. The maximum Gasteiger partial charge on any atom is 0.262 e. The third kappa shape index (κ3) is 4.40. The summed E-state index contributed by atoms with van der Waals surface area (Å²) >= 11 is 7.82. The number of halogens is 1. The Morgan fingerprint density at radius 3 is 2.80 bits per heavy atom. The fraction of sp³-hybridized carbons (Fsp3) is 0.217. The number of amidine groups is 1. The number of thioether (sulfide) groups is 1. The molecule has 1 aliphatic rings. The van der Waals surface area contributed by atoms with Crippen LogP contribution in [0.3, 0.4) is 0 Å². The first-order valence-corrected chi connectivity index (χ1v) is 11.0. The lowest BCUT2D eigenvalue weighted by Crippen LogP contribution is -2.28. The van der Waals surface area contributed by atoms with Crippen LogP contribution in [0, 0.1) is 0 Å². The lowest BCUT2D eigenvalue weighted by molar-refractivity contribution is -0.118. The molecule has 0 spiro atoms. The van der Waals surface area contributed by atoms with Gasteiger partial charge in [0.25, 0.3) is 5.91 Å². The zero-order valence-corrected chi connectivity index (χ0v) is 18.1. The number of benzene rings is 3. The Morgan fingerprint density at radius 1 is 1.20 bits per heavy atom. The molecule has 1 heterocycles. The average molecular weight is 440 g/mol. The maximum atomic E-state index is 12.5. The predicted molar refractivity (Wildman–Crippen MR) is 126 cm³/mol. The predicted octanol–water partition coefficient (Wildman–Crippen LogP) is 5.18. The third-order valence-electron chi connectivity index (χ3n) is 5.17. The van der Waals surface area contributed by atoms with Crippen molar-refractivity contribution in [2.45, 2.75) is 18.9 Å². The van der Waals surface area contributed by atoms with E-state index in [-0.39, 0.29) is 18.1 Å². The number of carbonyl (C=O) groups is 1. The molecule has 0 saturated carbocycles. The van der Waals surface area contributed by atoms with Crippen molar-refractivity contribution < 1.29 is 9.53 Å². The Hall–Kier alpha value is -2.70. The second-order valence-corrected chi connectivity index (χ2v) is 8.85. The number of nitrogens with one attached hydrogen (secondary N) is 1. The van der Waals surface area contributed by atoms with Gasteiger partial charge in [0, 0.05) is 27.2 Å². The second kappa shape index (κ2) is 8.58. The number of carbonyl (C=O) groups excluding carboxylic acids is 1. The first kappa shape index (κ1) is 20.6. The normalized spacial score (nSPS) is 18.7. The summed E-state index contributed by atoms with van der Waals surface area (Å²) < 4.78 is 5.76. The maximum absolute atomic E-state index is 12.5. The van der Waals surface area contributed by atoms with Gasteiger partial charge in [-0.05, 0) is 43.2 Å². The molecule has 0 aromatic heterocycles. The van der Waals surface area contributed by atoms with Crippen molar-refractivity contribution in [1.29, 1.82) is 0 Å². The number of hydrogen-bond acceptors (Lipinski definition) is 5. The van der Waals surface area contributed by atoms with E-state index in [0.29, 0.717) is 21.6 Å². The SMILES string of the molecule is CC1(c2cccc(OCC(=O)Nc3ccc(Cl)c4ccccc34)c2)CCSC(N)=N1. The van der Waals surface area contributed by atoms with E-state index in [0.717, 1.165) is 28.5 Å². The number of aliphatic imine (C=N–C) groups is 1. The number of anilines is 1. The lowest BCUT2D eigenvalue weighted by Gasteiger charge is -2.30. The number of ether oxygens (including phenoxy) is 1. The zero-order valence-electron chi connectivity index (χ0n) is 16.5. The van der Waals surface area contributed by atoms with Gasteiger partial charge < -0.3 is 15.8 Å². The molecule has 0 saturated heterocycles. The molecule has 1 atom stereocenters. The first-order valence-electron chi connectivity index (χ1n) is 9.63. The third-order valence-corrected chi connectivity index (χ3v) is 6.29. The second-order valence-electron chi connectivity index (χ2n) is 7.33. The summed E-state index contributed by atoms with van der Waals surface area (Å²) in [4.78, 5) is 17.1. The van der Waals surface area contributed by atoms with Crippen molar-refractivity contribution in [2.24, 2.45) is 10.7 Å². The molecule has 1 aliphatic heterocycles. The molecule has 3 aromatic rings. The van der Waals surface area contributed by atoms with E-state index >= 15 is 0 Å². The molecular formula is C23H22ClN3O2S. The molecule has 4 rings (SSSR count). The van der Waals surface area contributed by atoms with Crippen molar-refractivity contribution >= 4 is 50.9 Å². The molecule has 1 unspecified atom stereocenters. The standard InChI is InChI=1S/C23H22ClN3O2S/c1-23(11-12-30-22(25)27-23)15-5-4-6-16(13-15)29-14-21(28)26-20-10-9-19(24)17-7-2-3-8-18(17)20/h2-10,13H,11-12,14H2,1H3,(H2,25,27)(H,26,28). The van der Waals surface area contributed by atoms with Crippen LogP contribution < -0.4 is 15.8 Å². The fourth-order valence-electron chi connectivity index (χ4n) is 3.52. The molecule has 7 heteroatoms. The quantitative estimate of drug-likeness (QED) is 0.574. The van der Waals surface area contributed by atoms with E-state index in [2.05, 4.69) is 17.2 Å². The van der Waals surface area contributed by atoms with Crippen molar-refractivity contribution in [3.8, 4) is 5.75 Å². The van der Waals surface area contributed by atoms with Gasteiger partial charge in [-0.25, -0.2) is 0 Å². The van der Waals surface area contributed by atoms with Gasteiger partial charge in [0.2, 0.25) is 0 Å². The molecule has 30 heavy (non-hydrogen) atoms. The molecule has 154 valence electrons. The Kier molecular flexibility index (Phi) is 5.88. The minimum atomic E-state index is -0.376. The van der Waals surface area contributed by atoms with Crippen LogP contribution in [-0.2, 0) is 10.3 Å². The largest absolute Gasteiger partial charge is 0.484 e. The summed E-state index contributed by atoms with van der Waals surface area (Å²) in [5.41, 5.74) is 7.27. The molecular weight excluding hydrogens is 418 g/mol. The van der Waals surface area contributed by atoms with Crippen LogP contribution >= 0.6 is 23.4 Å². The van der Waals surface area contributed by atoms with Crippen LogP contribution in [0.4, 0.5) is 5.69 Å². The summed E-state index contributed by atoms with van der Waals surface area (Å²) in [6, 6.07) is 18.9. The van der Waals surface area contributed by atoms with E-state index < -0.39 is 0 Å². The van der Waals surface area contributed by atoms with Gasteiger partial charge in [-0.1, -0.05) is 59.8 Å². The molecule has 3 aromatic carbocycles. The van der Waals surface area contributed by atoms with Crippen LogP contribution in [0.2, 0.25) is 5.02 Å². The van der Waals surface area contributed by atoms with E-state index in [1.54, 1.807) is 23.9 Å². The summed E-state index contributed by atoms with van der Waals surface area (Å²) in [7, 11) is 0. The van der Waals surface area contributed by atoms with Crippen LogP contribution in [0.5, 0.6) is 5.75 Å². The Bertz CT molecular complexity index is 1130. The number of nitrogens with zero attached hydrogens (tertiary/aromatic N) is 1. The molecule has 0 fully saturated rings. The molecule has 0 radical (unpaired) electrons. The van der Waals surface area contributed by atoms with Crippen molar-refractivity contribution in [2.75, 3.05) is 17.7 Å². The van der Waals surface area contributed by atoms with Gasteiger partial charge in [-0.15, -0.1) is 0 Å². The minimum absolute atomic E-state index is 0.0988. The molecule has 5 nitrogen and oxygen atoms in total. The number of amides is 1.